The van der Waals surface area contributed by atoms with Gasteiger partial charge in [0.1, 0.15) is 5.82 Å². The molecular formula is C18H17FN2O5. The number of anilines is 1. The van der Waals surface area contributed by atoms with Gasteiger partial charge in [-0.15, -0.1) is 0 Å². The first-order valence-corrected chi connectivity index (χ1v) is 7.86. The lowest BCUT2D eigenvalue weighted by Crippen LogP contribution is -2.35. The number of nitrogens with two attached hydrogens (primary N) is 1. The Morgan fingerprint density at radius 2 is 2.00 bits per heavy atom. The van der Waals surface area contributed by atoms with Crippen molar-refractivity contribution in [2.24, 2.45) is 0 Å². The number of hydrogen-bond donors (Lipinski definition) is 2. The highest BCUT2D eigenvalue weighted by Gasteiger charge is 2.21. The van der Waals surface area contributed by atoms with Gasteiger partial charge in [-0.1, -0.05) is 6.07 Å². The molecule has 2 aromatic carbocycles. The van der Waals surface area contributed by atoms with Crippen molar-refractivity contribution >= 4 is 17.6 Å². The minimum Gasteiger partial charge on any atom is -0.454 e. The molecule has 3 rings (SSSR count). The first kappa shape index (κ1) is 17.5. The number of rotatable bonds is 5. The molecule has 1 aliphatic heterocycles. The van der Waals surface area contributed by atoms with Crippen LogP contribution in [0.4, 0.5) is 10.1 Å². The Morgan fingerprint density at radius 1 is 1.23 bits per heavy atom. The molecular weight excluding hydrogens is 343 g/mol. The third-order valence-corrected chi connectivity index (χ3v) is 3.79. The van der Waals surface area contributed by atoms with Crippen LogP contribution in [0.25, 0.3) is 0 Å². The summed E-state index contributed by atoms with van der Waals surface area (Å²) in [5, 5.41) is 2.67. The van der Waals surface area contributed by atoms with Gasteiger partial charge in [0.05, 0.1) is 5.56 Å². The van der Waals surface area contributed by atoms with Crippen LogP contribution in [0.3, 0.4) is 0 Å². The molecule has 0 radical (unpaired) electrons. The highest BCUT2D eigenvalue weighted by atomic mass is 19.1. The minimum absolute atomic E-state index is 0.00169. The largest absolute Gasteiger partial charge is 0.454 e. The molecule has 0 bridgehead atoms. The number of benzene rings is 2. The van der Waals surface area contributed by atoms with Crippen molar-refractivity contribution in [3.63, 3.8) is 0 Å². The van der Waals surface area contributed by atoms with Gasteiger partial charge in [-0.05, 0) is 42.8 Å². The molecule has 1 aliphatic rings. The second-order valence-corrected chi connectivity index (χ2v) is 5.68. The fourth-order valence-corrected chi connectivity index (χ4v) is 2.38. The zero-order chi connectivity index (χ0) is 18.7. The van der Waals surface area contributed by atoms with Crippen molar-refractivity contribution in [2.45, 2.75) is 19.6 Å². The number of hydrogen-bond acceptors (Lipinski definition) is 6. The average Bonchev–Trinajstić information content (AvgIpc) is 3.07. The summed E-state index contributed by atoms with van der Waals surface area (Å²) in [5.74, 6) is -0.569. The standard InChI is InChI=1S/C18H17FN2O5/c1-10(26-18(23)13-4-3-12(19)7-14(13)20)17(22)21-8-11-2-5-15-16(6-11)25-9-24-15/h2-7,10H,8-9,20H2,1H3,(H,21,22). The van der Waals surface area contributed by atoms with E-state index < -0.39 is 23.8 Å². The normalized spacial score (nSPS) is 13.2. The van der Waals surface area contributed by atoms with E-state index in [9.17, 15) is 14.0 Å². The Kier molecular flexibility index (Phi) is 4.92. The smallest absolute Gasteiger partial charge is 0.341 e. The zero-order valence-corrected chi connectivity index (χ0v) is 14.0. The maximum atomic E-state index is 13.0. The van der Waals surface area contributed by atoms with Crippen LogP contribution in [-0.4, -0.2) is 24.8 Å². The summed E-state index contributed by atoms with van der Waals surface area (Å²) in [5.41, 5.74) is 6.35. The zero-order valence-electron chi connectivity index (χ0n) is 14.0. The summed E-state index contributed by atoms with van der Waals surface area (Å²) in [6, 6.07) is 8.63. The van der Waals surface area contributed by atoms with E-state index in [2.05, 4.69) is 5.32 Å². The number of ether oxygens (including phenoxy) is 3. The molecule has 0 saturated heterocycles. The van der Waals surface area contributed by atoms with Gasteiger partial charge in [0, 0.05) is 12.2 Å². The van der Waals surface area contributed by atoms with Gasteiger partial charge >= 0.3 is 5.97 Å². The SMILES string of the molecule is CC(OC(=O)c1ccc(F)cc1N)C(=O)NCc1ccc2c(c1)OCO2. The molecule has 136 valence electrons. The molecule has 1 atom stereocenters. The number of fused-ring (bicyclic) bond motifs is 1. The second kappa shape index (κ2) is 7.30. The van der Waals surface area contributed by atoms with E-state index in [1.807, 2.05) is 0 Å². The van der Waals surface area contributed by atoms with Crippen LogP contribution in [0.15, 0.2) is 36.4 Å². The minimum atomic E-state index is -1.04. The Morgan fingerprint density at radius 3 is 2.77 bits per heavy atom. The van der Waals surface area contributed by atoms with Crippen LogP contribution in [0.2, 0.25) is 0 Å². The fourth-order valence-electron chi connectivity index (χ4n) is 2.38. The third kappa shape index (κ3) is 3.85. The fraction of sp³-hybridized carbons (Fsp3) is 0.222. The van der Waals surface area contributed by atoms with Gasteiger partial charge in [0.2, 0.25) is 6.79 Å². The van der Waals surface area contributed by atoms with Crippen molar-refractivity contribution < 1.29 is 28.2 Å². The van der Waals surface area contributed by atoms with E-state index in [1.165, 1.54) is 13.0 Å². The molecule has 1 unspecified atom stereocenters. The van der Waals surface area contributed by atoms with Gasteiger partial charge in [-0.3, -0.25) is 4.79 Å². The van der Waals surface area contributed by atoms with E-state index in [-0.39, 0.29) is 24.6 Å². The topological polar surface area (TPSA) is 99.9 Å². The summed E-state index contributed by atoms with van der Waals surface area (Å²) in [6.07, 6.45) is -1.04. The predicted molar refractivity (Wildman–Crippen MR) is 90.1 cm³/mol. The monoisotopic (exact) mass is 360 g/mol. The van der Waals surface area contributed by atoms with Crippen molar-refractivity contribution in [3.05, 3.63) is 53.3 Å². The van der Waals surface area contributed by atoms with Crippen molar-refractivity contribution in [1.29, 1.82) is 0 Å². The lowest BCUT2D eigenvalue weighted by Gasteiger charge is -2.14. The molecule has 26 heavy (non-hydrogen) atoms. The molecule has 3 N–H and O–H groups in total. The van der Waals surface area contributed by atoms with E-state index in [0.29, 0.717) is 11.5 Å². The van der Waals surface area contributed by atoms with E-state index in [4.69, 9.17) is 19.9 Å². The molecule has 1 amide bonds. The Balaban J connectivity index is 1.55. The molecule has 0 spiro atoms. The van der Waals surface area contributed by atoms with Gasteiger partial charge in [-0.2, -0.15) is 0 Å². The maximum Gasteiger partial charge on any atom is 0.341 e. The molecule has 0 aromatic heterocycles. The molecule has 1 heterocycles. The number of amides is 1. The Bertz CT molecular complexity index is 855. The Labute approximate surface area is 148 Å². The molecule has 8 heteroatoms. The predicted octanol–water partition coefficient (Wildman–Crippen LogP) is 2.00. The van der Waals surface area contributed by atoms with Gasteiger partial charge < -0.3 is 25.3 Å². The number of esters is 1. The molecule has 0 aliphatic carbocycles. The number of carbonyl (C=O) groups is 2. The highest BCUT2D eigenvalue weighted by molar-refractivity contribution is 5.96. The lowest BCUT2D eigenvalue weighted by atomic mass is 10.2. The second-order valence-electron chi connectivity index (χ2n) is 5.68. The average molecular weight is 360 g/mol. The molecule has 7 nitrogen and oxygen atoms in total. The summed E-state index contributed by atoms with van der Waals surface area (Å²) in [6.45, 7) is 1.84. The van der Waals surface area contributed by atoms with Gasteiger partial charge in [-0.25, -0.2) is 9.18 Å². The van der Waals surface area contributed by atoms with E-state index in [1.54, 1.807) is 18.2 Å². The Hall–Kier alpha value is -3.29. The van der Waals surface area contributed by atoms with Crippen LogP contribution in [-0.2, 0) is 16.1 Å². The summed E-state index contributed by atoms with van der Waals surface area (Å²) >= 11 is 0. The van der Waals surface area contributed by atoms with Crippen LogP contribution in [0.1, 0.15) is 22.8 Å². The first-order chi connectivity index (χ1) is 12.4. The molecule has 2 aromatic rings. The van der Waals surface area contributed by atoms with Crippen molar-refractivity contribution in [1.82, 2.24) is 5.32 Å². The van der Waals surface area contributed by atoms with Crippen LogP contribution < -0.4 is 20.5 Å². The lowest BCUT2D eigenvalue weighted by molar-refractivity contribution is -0.129. The first-order valence-electron chi connectivity index (χ1n) is 7.86. The number of nitrogens with one attached hydrogen (secondary N) is 1. The summed E-state index contributed by atoms with van der Waals surface area (Å²) in [7, 11) is 0. The quantitative estimate of drug-likeness (QED) is 0.625. The van der Waals surface area contributed by atoms with E-state index in [0.717, 1.165) is 17.7 Å². The van der Waals surface area contributed by atoms with Crippen LogP contribution >= 0.6 is 0 Å². The van der Waals surface area contributed by atoms with Crippen molar-refractivity contribution in [2.75, 3.05) is 12.5 Å². The van der Waals surface area contributed by atoms with Gasteiger partial charge in [0.25, 0.3) is 5.91 Å². The van der Waals surface area contributed by atoms with Crippen LogP contribution in [0, 0.1) is 5.82 Å². The van der Waals surface area contributed by atoms with Gasteiger partial charge in [0.15, 0.2) is 17.6 Å². The number of nitrogen functional groups attached to an aromatic ring is 1. The van der Waals surface area contributed by atoms with E-state index >= 15 is 0 Å². The molecule has 0 fully saturated rings. The number of halogens is 1. The summed E-state index contributed by atoms with van der Waals surface area (Å²) in [4.78, 5) is 24.2. The van der Waals surface area contributed by atoms with Crippen LogP contribution in [0.5, 0.6) is 11.5 Å². The maximum absolute atomic E-state index is 13.0. The third-order valence-electron chi connectivity index (χ3n) is 3.79. The number of carbonyl (C=O) groups excluding carboxylic acids is 2. The molecule has 0 saturated carbocycles. The van der Waals surface area contributed by atoms with Crippen molar-refractivity contribution in [3.8, 4) is 11.5 Å². The summed E-state index contributed by atoms with van der Waals surface area (Å²) < 4.78 is 28.6. The highest BCUT2D eigenvalue weighted by Crippen LogP contribution is 2.32.